The van der Waals surface area contributed by atoms with E-state index in [-0.39, 0.29) is 6.04 Å². The SMILES string of the molecule is CCCOCC(NN)c1ccnn1CC. The molecule has 0 aliphatic rings. The minimum atomic E-state index is 0.0130. The summed E-state index contributed by atoms with van der Waals surface area (Å²) in [5.41, 5.74) is 3.82. The first-order valence-corrected chi connectivity index (χ1v) is 5.39. The lowest BCUT2D eigenvalue weighted by atomic mass is 10.2. The molecule has 0 saturated heterocycles. The molecule has 0 bridgehead atoms. The zero-order valence-corrected chi connectivity index (χ0v) is 9.44. The molecule has 0 fully saturated rings. The van der Waals surface area contributed by atoms with Crippen LogP contribution >= 0.6 is 0 Å². The standard InChI is InChI=1S/C10H20N4O/c1-3-7-15-8-9(13-11)10-5-6-12-14(10)4-2/h5-6,9,13H,3-4,7-8,11H2,1-2H3. The molecule has 1 unspecified atom stereocenters. The van der Waals surface area contributed by atoms with Gasteiger partial charge in [0.05, 0.1) is 18.3 Å². The Bertz CT molecular complexity index is 274. The predicted octanol–water partition coefficient (Wildman–Crippen LogP) is 0.834. The van der Waals surface area contributed by atoms with Crippen molar-refractivity contribution in [1.29, 1.82) is 0 Å². The Labute approximate surface area is 90.6 Å². The van der Waals surface area contributed by atoms with Gasteiger partial charge in [-0.1, -0.05) is 6.92 Å². The summed E-state index contributed by atoms with van der Waals surface area (Å²) in [6.07, 6.45) is 2.80. The molecule has 1 aromatic heterocycles. The molecule has 0 saturated carbocycles. The number of ether oxygens (including phenoxy) is 1. The maximum Gasteiger partial charge on any atom is 0.0862 e. The highest BCUT2D eigenvalue weighted by molar-refractivity contribution is 5.06. The van der Waals surface area contributed by atoms with Gasteiger partial charge in [-0.2, -0.15) is 5.10 Å². The average molecular weight is 212 g/mol. The second-order valence-electron chi connectivity index (χ2n) is 3.37. The molecule has 0 aromatic carbocycles. The van der Waals surface area contributed by atoms with E-state index in [0.29, 0.717) is 6.61 Å². The van der Waals surface area contributed by atoms with Crippen molar-refractivity contribution < 1.29 is 4.74 Å². The van der Waals surface area contributed by atoms with Gasteiger partial charge in [0.2, 0.25) is 0 Å². The molecule has 1 aromatic rings. The molecule has 5 heteroatoms. The Hall–Kier alpha value is -0.910. The molecule has 0 radical (unpaired) electrons. The Morgan fingerprint density at radius 2 is 2.40 bits per heavy atom. The summed E-state index contributed by atoms with van der Waals surface area (Å²) in [7, 11) is 0. The first kappa shape index (κ1) is 12.2. The van der Waals surface area contributed by atoms with Crippen LogP contribution in [0.3, 0.4) is 0 Å². The second-order valence-corrected chi connectivity index (χ2v) is 3.37. The number of aryl methyl sites for hydroxylation is 1. The van der Waals surface area contributed by atoms with Crippen molar-refractivity contribution in [3.05, 3.63) is 18.0 Å². The number of hydrazine groups is 1. The van der Waals surface area contributed by atoms with Gasteiger partial charge in [-0.05, 0) is 19.4 Å². The van der Waals surface area contributed by atoms with E-state index < -0.39 is 0 Å². The second kappa shape index (κ2) is 6.55. The summed E-state index contributed by atoms with van der Waals surface area (Å²) in [5.74, 6) is 5.50. The Morgan fingerprint density at radius 1 is 1.60 bits per heavy atom. The average Bonchev–Trinajstić information content (AvgIpc) is 2.72. The highest BCUT2D eigenvalue weighted by atomic mass is 16.5. The van der Waals surface area contributed by atoms with Gasteiger partial charge in [-0.15, -0.1) is 0 Å². The molecule has 3 N–H and O–H groups in total. The van der Waals surface area contributed by atoms with Crippen LogP contribution in [0.1, 0.15) is 32.0 Å². The fraction of sp³-hybridized carbons (Fsp3) is 0.700. The van der Waals surface area contributed by atoms with Crippen LogP contribution in [0.25, 0.3) is 0 Å². The quantitative estimate of drug-likeness (QED) is 0.399. The molecule has 0 spiro atoms. The van der Waals surface area contributed by atoms with Crippen molar-refractivity contribution in [1.82, 2.24) is 15.2 Å². The summed E-state index contributed by atoms with van der Waals surface area (Å²) in [5, 5.41) is 4.20. The normalized spacial score (nSPS) is 13.0. The van der Waals surface area contributed by atoms with Gasteiger partial charge in [-0.3, -0.25) is 10.5 Å². The van der Waals surface area contributed by atoms with E-state index in [4.69, 9.17) is 10.6 Å². The van der Waals surface area contributed by atoms with E-state index in [1.54, 1.807) is 6.20 Å². The van der Waals surface area contributed by atoms with Gasteiger partial charge in [0.15, 0.2) is 0 Å². The summed E-state index contributed by atoms with van der Waals surface area (Å²) in [6, 6.07) is 1.97. The van der Waals surface area contributed by atoms with Crippen molar-refractivity contribution in [2.24, 2.45) is 5.84 Å². The molecule has 0 aliphatic carbocycles. The number of rotatable bonds is 7. The highest BCUT2D eigenvalue weighted by Crippen LogP contribution is 2.11. The van der Waals surface area contributed by atoms with Crippen LogP contribution in [-0.4, -0.2) is 23.0 Å². The topological polar surface area (TPSA) is 65.1 Å². The fourth-order valence-corrected chi connectivity index (χ4v) is 1.47. The first-order chi connectivity index (χ1) is 7.33. The van der Waals surface area contributed by atoms with Crippen LogP contribution in [-0.2, 0) is 11.3 Å². The molecule has 1 heterocycles. The third kappa shape index (κ3) is 3.30. The zero-order valence-electron chi connectivity index (χ0n) is 9.44. The smallest absolute Gasteiger partial charge is 0.0862 e. The van der Waals surface area contributed by atoms with Crippen molar-refractivity contribution in [3.63, 3.8) is 0 Å². The van der Waals surface area contributed by atoms with Crippen LogP contribution in [0.4, 0.5) is 0 Å². The fourth-order valence-electron chi connectivity index (χ4n) is 1.47. The maximum atomic E-state index is 5.50. The Kier molecular flexibility index (Phi) is 5.31. The van der Waals surface area contributed by atoms with E-state index in [9.17, 15) is 0 Å². The summed E-state index contributed by atoms with van der Waals surface area (Å²) in [4.78, 5) is 0. The summed E-state index contributed by atoms with van der Waals surface area (Å²) in [6.45, 7) is 6.32. The van der Waals surface area contributed by atoms with E-state index in [1.165, 1.54) is 0 Å². The van der Waals surface area contributed by atoms with Crippen LogP contribution in [0, 0.1) is 0 Å². The van der Waals surface area contributed by atoms with E-state index in [0.717, 1.165) is 25.3 Å². The number of aromatic nitrogens is 2. The largest absolute Gasteiger partial charge is 0.379 e. The molecule has 86 valence electrons. The van der Waals surface area contributed by atoms with E-state index in [1.807, 2.05) is 10.7 Å². The molecule has 0 aliphatic heterocycles. The van der Waals surface area contributed by atoms with Crippen LogP contribution in [0.2, 0.25) is 0 Å². The maximum absolute atomic E-state index is 5.50. The molecular weight excluding hydrogens is 192 g/mol. The third-order valence-corrected chi connectivity index (χ3v) is 2.24. The van der Waals surface area contributed by atoms with Crippen molar-refractivity contribution in [2.75, 3.05) is 13.2 Å². The summed E-state index contributed by atoms with van der Waals surface area (Å²) >= 11 is 0. The van der Waals surface area contributed by atoms with Gasteiger partial charge in [0.1, 0.15) is 0 Å². The molecule has 5 nitrogen and oxygen atoms in total. The molecule has 1 rings (SSSR count). The van der Waals surface area contributed by atoms with Crippen molar-refractivity contribution >= 4 is 0 Å². The number of nitrogens with zero attached hydrogens (tertiary/aromatic N) is 2. The number of hydrogen-bond acceptors (Lipinski definition) is 4. The van der Waals surface area contributed by atoms with Crippen LogP contribution in [0.15, 0.2) is 12.3 Å². The molecule has 15 heavy (non-hydrogen) atoms. The van der Waals surface area contributed by atoms with Gasteiger partial charge in [0.25, 0.3) is 0 Å². The molecule has 1 atom stereocenters. The number of nitrogens with two attached hydrogens (primary N) is 1. The van der Waals surface area contributed by atoms with E-state index >= 15 is 0 Å². The summed E-state index contributed by atoms with van der Waals surface area (Å²) < 4.78 is 7.39. The van der Waals surface area contributed by atoms with Gasteiger partial charge in [-0.25, -0.2) is 5.43 Å². The first-order valence-electron chi connectivity index (χ1n) is 5.39. The van der Waals surface area contributed by atoms with E-state index in [2.05, 4.69) is 24.4 Å². The van der Waals surface area contributed by atoms with Gasteiger partial charge < -0.3 is 4.74 Å². The number of hydrogen-bond donors (Lipinski definition) is 2. The van der Waals surface area contributed by atoms with Crippen LogP contribution < -0.4 is 11.3 Å². The molecular formula is C10H20N4O. The lowest BCUT2D eigenvalue weighted by Crippen LogP contribution is -2.33. The van der Waals surface area contributed by atoms with Crippen molar-refractivity contribution in [2.45, 2.75) is 32.9 Å². The van der Waals surface area contributed by atoms with Crippen LogP contribution in [0.5, 0.6) is 0 Å². The lowest BCUT2D eigenvalue weighted by Gasteiger charge is -2.17. The number of nitrogens with one attached hydrogen (secondary N) is 1. The zero-order chi connectivity index (χ0) is 11.1. The molecule has 0 amide bonds. The van der Waals surface area contributed by atoms with Gasteiger partial charge in [0, 0.05) is 19.3 Å². The third-order valence-electron chi connectivity index (χ3n) is 2.24. The lowest BCUT2D eigenvalue weighted by molar-refractivity contribution is 0.109. The Morgan fingerprint density at radius 3 is 3.00 bits per heavy atom. The highest BCUT2D eigenvalue weighted by Gasteiger charge is 2.13. The van der Waals surface area contributed by atoms with Crippen molar-refractivity contribution in [3.8, 4) is 0 Å². The minimum absolute atomic E-state index is 0.0130. The predicted molar refractivity (Wildman–Crippen MR) is 59.1 cm³/mol. The monoisotopic (exact) mass is 212 g/mol. The van der Waals surface area contributed by atoms with Gasteiger partial charge >= 0.3 is 0 Å². The Balaban J connectivity index is 2.57. The minimum Gasteiger partial charge on any atom is -0.379 e.